The summed E-state index contributed by atoms with van der Waals surface area (Å²) >= 11 is 0. The normalized spacial score (nSPS) is 24.7. The predicted molar refractivity (Wildman–Crippen MR) is 137 cm³/mol. The minimum absolute atomic E-state index is 0.160. The van der Waals surface area contributed by atoms with E-state index in [0.717, 1.165) is 0 Å². The van der Waals surface area contributed by atoms with E-state index in [2.05, 4.69) is 13.2 Å². The van der Waals surface area contributed by atoms with Crippen molar-refractivity contribution in [2.45, 2.75) is 22.6 Å². The van der Waals surface area contributed by atoms with Crippen molar-refractivity contribution >= 4 is 56.0 Å². The molecule has 2 aromatic carbocycles. The van der Waals surface area contributed by atoms with E-state index in [4.69, 9.17) is 8.57 Å². The van der Waals surface area contributed by atoms with E-state index in [1.807, 2.05) is 0 Å². The Morgan fingerprint density at radius 3 is 1.10 bits per heavy atom. The fraction of sp³-hybridized carbons (Fsp3) is 0.231. The van der Waals surface area contributed by atoms with Gasteiger partial charge in [0.2, 0.25) is 0 Å². The molecule has 3 fully saturated rings. The van der Waals surface area contributed by atoms with Gasteiger partial charge >= 0.3 is 20.2 Å². The number of carbonyl (C=O) groups excluding carboxylic acids is 4. The SMILES string of the molecule is C=Cc1ccc(S(=O)(=O)ON2C(=O)C3CC4C(=O)N(OS(=O)(=O)c5ccc(C=C)cc5)C(=O)C4CC3C2=O)cc1. The Morgan fingerprint density at radius 1 is 0.575 bits per heavy atom. The molecule has 1 saturated carbocycles. The number of nitrogens with zero attached hydrogens (tertiary/aromatic N) is 2. The third-order valence-electron chi connectivity index (χ3n) is 7.21. The molecule has 208 valence electrons. The molecule has 0 N–H and O–H groups in total. The summed E-state index contributed by atoms with van der Waals surface area (Å²) in [6.45, 7) is 7.15. The van der Waals surface area contributed by atoms with Crippen LogP contribution in [-0.4, -0.2) is 50.6 Å². The number of hydrogen-bond donors (Lipinski definition) is 0. The lowest BCUT2D eigenvalue weighted by molar-refractivity contribution is -0.166. The maximum atomic E-state index is 13.0. The molecule has 2 saturated heterocycles. The molecular weight excluding hydrogens is 564 g/mol. The molecule has 0 spiro atoms. The Balaban J connectivity index is 1.32. The maximum Gasteiger partial charge on any atom is 0.318 e. The first-order valence-corrected chi connectivity index (χ1v) is 14.8. The molecule has 14 heteroatoms. The molecule has 2 aliphatic heterocycles. The van der Waals surface area contributed by atoms with Gasteiger partial charge in [0.15, 0.2) is 0 Å². The first-order valence-electron chi connectivity index (χ1n) is 12.0. The van der Waals surface area contributed by atoms with Gasteiger partial charge in [-0.2, -0.15) is 16.8 Å². The number of fused-ring (bicyclic) bond motifs is 2. The second-order valence-electron chi connectivity index (χ2n) is 9.44. The Bertz CT molecular complexity index is 1500. The summed E-state index contributed by atoms with van der Waals surface area (Å²) in [4.78, 5) is 51.6. The van der Waals surface area contributed by atoms with Crippen LogP contribution in [0.2, 0.25) is 0 Å². The molecule has 0 radical (unpaired) electrons. The van der Waals surface area contributed by atoms with Crippen LogP contribution in [0, 0.1) is 23.7 Å². The number of carbonyl (C=O) groups is 4. The smallest absolute Gasteiger partial charge is 0.272 e. The molecule has 12 nitrogen and oxygen atoms in total. The maximum absolute atomic E-state index is 13.0. The van der Waals surface area contributed by atoms with Crippen molar-refractivity contribution in [3.63, 3.8) is 0 Å². The second-order valence-corrected chi connectivity index (χ2v) is 12.5. The zero-order chi connectivity index (χ0) is 29.0. The highest BCUT2D eigenvalue weighted by Crippen LogP contribution is 2.48. The molecule has 2 aromatic rings. The number of amides is 4. The van der Waals surface area contributed by atoms with Crippen LogP contribution in [-0.2, 0) is 48.0 Å². The summed E-state index contributed by atoms with van der Waals surface area (Å²) in [7, 11) is -9.12. The number of hydroxylamine groups is 4. The van der Waals surface area contributed by atoms with Gasteiger partial charge in [0, 0.05) is 0 Å². The van der Waals surface area contributed by atoms with Crippen molar-refractivity contribution in [2.75, 3.05) is 0 Å². The van der Waals surface area contributed by atoms with Gasteiger partial charge in [0.25, 0.3) is 23.6 Å². The fourth-order valence-electron chi connectivity index (χ4n) is 5.09. The van der Waals surface area contributed by atoms with E-state index in [1.165, 1.54) is 60.7 Å². The standard InChI is InChI=1S/C26H22N2O10S2/c1-3-15-5-9-17(10-6-15)39(33,34)37-27-23(29)19-13-21-22(14-20(19)24(27)30)26(32)28(25(21)31)38-40(35,36)18-11-7-16(4-2)8-12-18/h3-12,19-22H,1-2,13-14H2. The number of imide groups is 2. The summed E-state index contributed by atoms with van der Waals surface area (Å²) in [5.41, 5.74) is 1.27. The van der Waals surface area contributed by atoms with E-state index in [-0.39, 0.29) is 32.8 Å². The van der Waals surface area contributed by atoms with Crippen LogP contribution in [0.5, 0.6) is 0 Å². The number of rotatable bonds is 8. The first-order chi connectivity index (χ1) is 18.9. The fourth-order valence-corrected chi connectivity index (χ4v) is 6.88. The second kappa shape index (κ2) is 9.89. The largest absolute Gasteiger partial charge is 0.318 e. The van der Waals surface area contributed by atoms with Crippen LogP contribution in [0.3, 0.4) is 0 Å². The minimum Gasteiger partial charge on any atom is -0.272 e. The lowest BCUT2D eigenvalue weighted by Crippen LogP contribution is -2.35. The van der Waals surface area contributed by atoms with Crippen LogP contribution in [0.1, 0.15) is 24.0 Å². The Hall–Kier alpha value is -3.98. The van der Waals surface area contributed by atoms with Gasteiger partial charge in [-0.1, -0.05) is 49.6 Å². The summed E-state index contributed by atoms with van der Waals surface area (Å²) in [5, 5.41) is 0.321. The zero-order valence-electron chi connectivity index (χ0n) is 20.7. The summed E-state index contributed by atoms with van der Waals surface area (Å²) in [5.74, 6) is -8.50. The van der Waals surface area contributed by atoms with Crippen LogP contribution < -0.4 is 0 Å². The molecule has 4 unspecified atom stereocenters. The zero-order valence-corrected chi connectivity index (χ0v) is 22.3. The van der Waals surface area contributed by atoms with Crippen LogP contribution in [0.15, 0.2) is 71.5 Å². The van der Waals surface area contributed by atoms with Gasteiger partial charge in [0.05, 0.1) is 33.5 Å². The van der Waals surface area contributed by atoms with Gasteiger partial charge < -0.3 is 0 Å². The summed E-state index contributed by atoms with van der Waals surface area (Å²) in [6.07, 6.45) is 2.40. The summed E-state index contributed by atoms with van der Waals surface area (Å²) in [6, 6.07) is 10.7. The highest BCUT2D eigenvalue weighted by Gasteiger charge is 2.61. The van der Waals surface area contributed by atoms with Crippen molar-refractivity contribution < 1.29 is 44.6 Å². The van der Waals surface area contributed by atoms with Gasteiger partial charge in [0.1, 0.15) is 0 Å². The third-order valence-corrected chi connectivity index (χ3v) is 9.60. The molecule has 3 aliphatic rings. The molecular formula is C26H22N2O10S2. The van der Waals surface area contributed by atoms with Crippen molar-refractivity contribution in [3.05, 3.63) is 72.8 Å². The Labute approximate surface area is 229 Å². The Kier molecular flexibility index (Phi) is 6.82. The van der Waals surface area contributed by atoms with E-state index >= 15 is 0 Å². The van der Waals surface area contributed by atoms with Gasteiger partial charge in [-0.3, -0.25) is 19.2 Å². The summed E-state index contributed by atoms with van der Waals surface area (Å²) < 4.78 is 60.7. The van der Waals surface area contributed by atoms with Crippen LogP contribution in [0.25, 0.3) is 12.2 Å². The molecule has 0 bridgehead atoms. The highest BCUT2D eigenvalue weighted by atomic mass is 32.2. The molecule has 4 amide bonds. The quantitative estimate of drug-likeness (QED) is 0.418. The Morgan fingerprint density at radius 2 is 0.850 bits per heavy atom. The molecule has 5 rings (SSSR count). The molecule has 1 aliphatic carbocycles. The molecule has 2 heterocycles. The topological polar surface area (TPSA) is 161 Å². The van der Waals surface area contributed by atoms with Gasteiger partial charge in [-0.25, -0.2) is 0 Å². The van der Waals surface area contributed by atoms with E-state index in [9.17, 15) is 36.0 Å². The predicted octanol–water partition coefficient (Wildman–Crippen LogP) is 1.91. The molecule has 0 aromatic heterocycles. The van der Waals surface area contributed by atoms with E-state index in [1.54, 1.807) is 0 Å². The van der Waals surface area contributed by atoms with Crippen molar-refractivity contribution in [1.82, 2.24) is 10.1 Å². The van der Waals surface area contributed by atoms with Crippen LogP contribution >= 0.6 is 0 Å². The molecule has 40 heavy (non-hydrogen) atoms. The minimum atomic E-state index is -4.56. The number of hydrogen-bond acceptors (Lipinski definition) is 10. The lowest BCUT2D eigenvalue weighted by Gasteiger charge is -2.27. The monoisotopic (exact) mass is 586 g/mol. The average molecular weight is 587 g/mol. The lowest BCUT2D eigenvalue weighted by atomic mass is 9.70. The average Bonchev–Trinajstić information content (AvgIpc) is 3.31. The van der Waals surface area contributed by atoms with Crippen molar-refractivity contribution in [1.29, 1.82) is 0 Å². The van der Waals surface area contributed by atoms with Crippen molar-refractivity contribution in [2.24, 2.45) is 23.7 Å². The van der Waals surface area contributed by atoms with Gasteiger partial charge in [-0.15, -0.1) is 18.7 Å². The first kappa shape index (κ1) is 27.6. The third kappa shape index (κ3) is 4.58. The highest BCUT2D eigenvalue weighted by molar-refractivity contribution is 7.87. The van der Waals surface area contributed by atoms with Gasteiger partial charge in [-0.05, 0) is 48.2 Å². The molecule has 4 atom stereocenters. The number of benzene rings is 2. The van der Waals surface area contributed by atoms with E-state index < -0.39 is 67.5 Å². The van der Waals surface area contributed by atoms with Crippen molar-refractivity contribution in [3.8, 4) is 0 Å². The van der Waals surface area contributed by atoms with E-state index in [0.29, 0.717) is 11.1 Å². The van der Waals surface area contributed by atoms with Crippen LogP contribution in [0.4, 0.5) is 0 Å².